The Morgan fingerprint density at radius 3 is 1.57 bits per heavy atom. The highest BCUT2D eigenvalue weighted by Gasteiger charge is 2.61. The Balaban J connectivity index is 1.81. The van der Waals surface area contributed by atoms with Crippen molar-refractivity contribution < 1.29 is 68.4 Å². The first-order valence-electron chi connectivity index (χ1n) is 7.95. The number of carboxylic acid groups (broad SMARTS) is 4. The molecule has 14 heteroatoms. The molecule has 0 aromatic rings. The Hall–Kier alpha value is -2.36. The van der Waals surface area contributed by atoms with Crippen LogP contribution in [0.2, 0.25) is 0 Å². The van der Waals surface area contributed by atoms with E-state index >= 15 is 0 Å². The molecular weight excluding hydrogens is 392 g/mol. The molecule has 3 rings (SSSR count). The normalized spacial score (nSPS) is 36.9. The third kappa shape index (κ3) is 3.41. The highest BCUT2D eigenvalue weighted by Crippen LogP contribution is 2.41. The third-order valence-electron chi connectivity index (χ3n) is 4.52. The van der Waals surface area contributed by atoms with Crippen LogP contribution in [0, 0.1) is 11.8 Å². The lowest BCUT2D eigenvalue weighted by molar-refractivity contribution is -0.312. The van der Waals surface area contributed by atoms with Crippen molar-refractivity contribution in [2.24, 2.45) is 11.8 Å². The van der Waals surface area contributed by atoms with Gasteiger partial charge in [-0.1, -0.05) is 0 Å². The second-order valence-corrected chi connectivity index (χ2v) is 6.21. The number of ether oxygens (including phenoxy) is 5. The standard InChI is InChI=1S/C14H16O14/c15-1-2-5-6(26-12(24-2)3(8(16)17)9(18)19)7-14(25-5)28-13(27-7)4(10(20)21)11(22)23/h2-7,12-15H,1H2,(H,16,17)(H,18,19)(H,20,21)(H,22,23). The Kier molecular flexibility index (Phi) is 5.51. The molecule has 0 bridgehead atoms. The second-order valence-electron chi connectivity index (χ2n) is 6.21. The molecule has 0 amide bonds. The van der Waals surface area contributed by atoms with E-state index in [0.717, 1.165) is 0 Å². The number of aliphatic hydroxyl groups is 1. The molecule has 0 aromatic heterocycles. The van der Waals surface area contributed by atoms with Gasteiger partial charge in [-0.25, -0.2) is 0 Å². The van der Waals surface area contributed by atoms with E-state index in [1.54, 1.807) is 0 Å². The summed E-state index contributed by atoms with van der Waals surface area (Å²) in [6, 6.07) is 0. The minimum Gasteiger partial charge on any atom is -0.480 e. The summed E-state index contributed by atoms with van der Waals surface area (Å²) < 4.78 is 26.5. The van der Waals surface area contributed by atoms with Gasteiger partial charge in [0.25, 0.3) is 0 Å². The number of aliphatic hydroxyl groups excluding tert-OH is 1. The maximum Gasteiger partial charge on any atom is 0.323 e. The molecule has 3 fully saturated rings. The van der Waals surface area contributed by atoms with Gasteiger partial charge in [0.1, 0.15) is 24.4 Å². The summed E-state index contributed by atoms with van der Waals surface area (Å²) in [7, 11) is 0. The van der Waals surface area contributed by atoms with Gasteiger partial charge in [-0.2, -0.15) is 0 Å². The van der Waals surface area contributed by atoms with E-state index in [1.165, 1.54) is 0 Å². The quantitative estimate of drug-likeness (QED) is 0.268. The smallest absolute Gasteiger partial charge is 0.323 e. The first-order valence-corrected chi connectivity index (χ1v) is 7.95. The number of hydrogen-bond donors (Lipinski definition) is 5. The van der Waals surface area contributed by atoms with Crippen molar-refractivity contribution in [2.75, 3.05) is 6.61 Å². The maximum absolute atomic E-state index is 11.2. The van der Waals surface area contributed by atoms with E-state index in [-0.39, 0.29) is 0 Å². The van der Waals surface area contributed by atoms with Crippen molar-refractivity contribution in [3.05, 3.63) is 0 Å². The molecule has 0 radical (unpaired) electrons. The van der Waals surface area contributed by atoms with Crippen molar-refractivity contribution in [3.63, 3.8) is 0 Å². The summed E-state index contributed by atoms with van der Waals surface area (Å²) in [5.74, 6) is -11.1. The summed E-state index contributed by atoms with van der Waals surface area (Å²) in [6.45, 7) is -0.678. The van der Waals surface area contributed by atoms with Crippen LogP contribution in [0.25, 0.3) is 0 Å². The summed E-state index contributed by atoms with van der Waals surface area (Å²) in [5, 5.41) is 45.7. The Morgan fingerprint density at radius 2 is 1.11 bits per heavy atom. The van der Waals surface area contributed by atoms with E-state index in [2.05, 4.69) is 0 Å². The molecule has 3 aliphatic heterocycles. The lowest BCUT2D eigenvalue weighted by Gasteiger charge is -2.39. The zero-order valence-corrected chi connectivity index (χ0v) is 13.8. The van der Waals surface area contributed by atoms with Crippen molar-refractivity contribution in [1.82, 2.24) is 0 Å². The molecule has 28 heavy (non-hydrogen) atoms. The molecule has 3 heterocycles. The predicted molar refractivity (Wildman–Crippen MR) is 76.6 cm³/mol. The van der Waals surface area contributed by atoms with Gasteiger partial charge in [-0.05, 0) is 0 Å². The molecule has 7 unspecified atom stereocenters. The number of aliphatic carboxylic acids is 4. The van der Waals surface area contributed by atoms with Crippen LogP contribution in [0.1, 0.15) is 0 Å². The number of fused-ring (bicyclic) bond motifs is 3. The molecule has 0 aliphatic carbocycles. The zero-order valence-electron chi connectivity index (χ0n) is 13.8. The Bertz CT molecular complexity index is 649. The monoisotopic (exact) mass is 408 g/mol. The van der Waals surface area contributed by atoms with Gasteiger partial charge in [-0.3, -0.25) is 19.2 Å². The van der Waals surface area contributed by atoms with Crippen LogP contribution in [0.5, 0.6) is 0 Å². The predicted octanol–water partition coefficient (Wildman–Crippen LogP) is -2.87. The van der Waals surface area contributed by atoms with Gasteiger partial charge in [0, 0.05) is 0 Å². The first kappa shape index (κ1) is 20.4. The number of hydrogen-bond acceptors (Lipinski definition) is 10. The van der Waals surface area contributed by atoms with Crippen LogP contribution < -0.4 is 0 Å². The van der Waals surface area contributed by atoms with Crippen LogP contribution in [0.3, 0.4) is 0 Å². The average molecular weight is 408 g/mol. The van der Waals surface area contributed by atoms with E-state index in [4.69, 9.17) is 44.1 Å². The van der Waals surface area contributed by atoms with Gasteiger partial charge >= 0.3 is 23.9 Å². The molecule has 14 nitrogen and oxygen atoms in total. The van der Waals surface area contributed by atoms with Crippen molar-refractivity contribution in [3.8, 4) is 0 Å². The minimum absolute atomic E-state index is 0.678. The molecule has 7 atom stereocenters. The molecule has 3 aliphatic rings. The van der Waals surface area contributed by atoms with Gasteiger partial charge in [0.2, 0.25) is 11.8 Å². The van der Waals surface area contributed by atoms with E-state index < -0.39 is 85.6 Å². The lowest BCUT2D eigenvalue weighted by atomic mass is 10.0. The van der Waals surface area contributed by atoms with Crippen LogP contribution >= 0.6 is 0 Å². The molecule has 0 saturated carbocycles. The van der Waals surface area contributed by atoms with Crippen LogP contribution in [-0.4, -0.2) is 99.3 Å². The van der Waals surface area contributed by atoms with E-state index in [1.807, 2.05) is 0 Å². The fourth-order valence-electron chi connectivity index (χ4n) is 3.25. The summed E-state index contributed by atoms with van der Waals surface area (Å²) in [6.07, 6.45) is -9.45. The Morgan fingerprint density at radius 1 is 0.643 bits per heavy atom. The number of carboxylic acids is 4. The van der Waals surface area contributed by atoms with Gasteiger partial charge in [0.05, 0.1) is 6.61 Å². The topological polar surface area (TPSA) is 216 Å². The van der Waals surface area contributed by atoms with Crippen LogP contribution in [-0.2, 0) is 42.9 Å². The lowest BCUT2D eigenvalue weighted by Crippen LogP contribution is -2.56. The van der Waals surface area contributed by atoms with Gasteiger partial charge < -0.3 is 49.2 Å². The van der Waals surface area contributed by atoms with Crippen LogP contribution in [0.15, 0.2) is 0 Å². The average Bonchev–Trinajstić information content (AvgIpc) is 3.11. The van der Waals surface area contributed by atoms with Crippen molar-refractivity contribution in [1.29, 1.82) is 0 Å². The molecule has 5 N–H and O–H groups in total. The summed E-state index contributed by atoms with van der Waals surface area (Å²) in [4.78, 5) is 44.7. The Labute approximate surface area is 155 Å². The molecule has 3 saturated heterocycles. The SMILES string of the molecule is O=C(O)C(C(=O)O)C1OC2OC3C(CO)OC(C(C(=O)O)C(=O)O)OC3C2O1. The summed E-state index contributed by atoms with van der Waals surface area (Å²) in [5.41, 5.74) is 0. The first-order chi connectivity index (χ1) is 13.1. The fraction of sp³-hybridized carbons (Fsp3) is 0.714. The molecule has 0 spiro atoms. The van der Waals surface area contributed by atoms with Crippen molar-refractivity contribution >= 4 is 23.9 Å². The van der Waals surface area contributed by atoms with Crippen molar-refractivity contribution in [2.45, 2.75) is 43.3 Å². The summed E-state index contributed by atoms with van der Waals surface area (Å²) >= 11 is 0. The zero-order chi connectivity index (χ0) is 20.7. The minimum atomic E-state index is -2.13. The second kappa shape index (κ2) is 7.57. The highest BCUT2D eigenvalue weighted by molar-refractivity contribution is 5.94. The van der Waals surface area contributed by atoms with Gasteiger partial charge in [0.15, 0.2) is 18.9 Å². The molecule has 156 valence electrons. The van der Waals surface area contributed by atoms with Crippen LogP contribution in [0.4, 0.5) is 0 Å². The fourth-order valence-corrected chi connectivity index (χ4v) is 3.25. The number of carbonyl (C=O) groups is 4. The van der Waals surface area contributed by atoms with E-state index in [0.29, 0.717) is 0 Å². The van der Waals surface area contributed by atoms with Gasteiger partial charge in [-0.15, -0.1) is 0 Å². The van der Waals surface area contributed by atoms with E-state index in [9.17, 15) is 24.3 Å². The third-order valence-corrected chi connectivity index (χ3v) is 4.52. The largest absolute Gasteiger partial charge is 0.480 e. The number of rotatable bonds is 7. The molecular formula is C14H16O14. The maximum atomic E-state index is 11.2. The molecule has 0 aromatic carbocycles. The highest BCUT2D eigenvalue weighted by atomic mass is 16.8.